The van der Waals surface area contributed by atoms with Gasteiger partial charge in [0.15, 0.2) is 0 Å². The molecular formula is C14H22N2O5. The Bertz CT molecular complexity index is 426. The molecule has 0 aliphatic heterocycles. The molecule has 3 amide bonds. The molecule has 2 aliphatic rings. The lowest BCUT2D eigenvalue weighted by Crippen LogP contribution is -2.47. The first kappa shape index (κ1) is 15.8. The van der Waals surface area contributed by atoms with Crippen LogP contribution in [0.2, 0.25) is 0 Å². The normalized spacial score (nSPS) is 28.1. The number of urea groups is 1. The molecule has 118 valence electrons. The summed E-state index contributed by atoms with van der Waals surface area (Å²) in [6, 6.07) is -0.512. The molecule has 0 radical (unpaired) electrons. The lowest BCUT2D eigenvalue weighted by Gasteiger charge is -2.28. The summed E-state index contributed by atoms with van der Waals surface area (Å²) in [6.45, 7) is 0.967. The molecule has 2 bridgehead atoms. The summed E-state index contributed by atoms with van der Waals surface area (Å²) >= 11 is 0. The van der Waals surface area contributed by atoms with E-state index in [1.165, 1.54) is 19.3 Å². The number of rotatable bonds is 6. The summed E-state index contributed by atoms with van der Waals surface area (Å²) in [5.41, 5.74) is 0. The van der Waals surface area contributed by atoms with Crippen molar-refractivity contribution < 1.29 is 24.2 Å². The van der Waals surface area contributed by atoms with Gasteiger partial charge < -0.3 is 15.2 Å². The zero-order chi connectivity index (χ0) is 15.4. The second-order valence-corrected chi connectivity index (χ2v) is 6.04. The number of nitrogens with one attached hydrogen (secondary N) is 2. The number of imide groups is 1. The van der Waals surface area contributed by atoms with Crippen LogP contribution in [0.25, 0.3) is 0 Å². The van der Waals surface area contributed by atoms with Crippen LogP contribution in [0.5, 0.6) is 0 Å². The van der Waals surface area contributed by atoms with Gasteiger partial charge >= 0.3 is 12.0 Å². The number of aliphatic carboxylic acids is 1. The number of carbonyl (C=O) groups excluding carboxylic acids is 2. The fourth-order valence-electron chi connectivity index (χ4n) is 3.65. The molecule has 3 N–H and O–H groups in total. The first-order valence-corrected chi connectivity index (χ1v) is 7.35. The summed E-state index contributed by atoms with van der Waals surface area (Å²) in [7, 11) is 0. The van der Waals surface area contributed by atoms with Crippen LogP contribution in [-0.2, 0) is 14.3 Å². The lowest BCUT2D eigenvalue weighted by molar-refractivity contribution is -0.143. The highest BCUT2D eigenvalue weighted by Gasteiger charge is 2.42. The summed E-state index contributed by atoms with van der Waals surface area (Å²) in [5.74, 6) is 0.192. The number of fused-ring (bicyclic) bond motifs is 2. The SMILES string of the molecule is CC(NC(=O)NC(=O)COCC(=O)O)C1CC2CCC1C2. The highest BCUT2D eigenvalue weighted by molar-refractivity contribution is 5.95. The van der Waals surface area contributed by atoms with Gasteiger partial charge in [0, 0.05) is 6.04 Å². The summed E-state index contributed by atoms with van der Waals surface area (Å²) in [5, 5.41) is 13.3. The van der Waals surface area contributed by atoms with Gasteiger partial charge in [0.05, 0.1) is 0 Å². The van der Waals surface area contributed by atoms with Crippen LogP contribution < -0.4 is 10.6 Å². The van der Waals surface area contributed by atoms with Crippen molar-refractivity contribution in [3.63, 3.8) is 0 Å². The Morgan fingerprint density at radius 1 is 1.24 bits per heavy atom. The van der Waals surface area contributed by atoms with Crippen molar-refractivity contribution in [3.8, 4) is 0 Å². The number of carbonyl (C=O) groups is 3. The molecule has 2 saturated carbocycles. The van der Waals surface area contributed by atoms with Crippen molar-refractivity contribution in [2.24, 2.45) is 17.8 Å². The van der Waals surface area contributed by atoms with E-state index < -0.39 is 31.1 Å². The molecule has 21 heavy (non-hydrogen) atoms. The number of amides is 3. The van der Waals surface area contributed by atoms with E-state index in [0.29, 0.717) is 11.8 Å². The van der Waals surface area contributed by atoms with E-state index in [1.54, 1.807) is 0 Å². The van der Waals surface area contributed by atoms with Crippen LogP contribution in [0.3, 0.4) is 0 Å². The molecule has 0 aromatic heterocycles. The van der Waals surface area contributed by atoms with Crippen molar-refractivity contribution in [2.45, 2.75) is 38.6 Å². The van der Waals surface area contributed by atoms with Crippen molar-refractivity contribution >= 4 is 17.9 Å². The van der Waals surface area contributed by atoms with Crippen molar-refractivity contribution in [1.29, 1.82) is 0 Å². The lowest BCUT2D eigenvalue weighted by atomic mass is 9.84. The monoisotopic (exact) mass is 298 g/mol. The Morgan fingerprint density at radius 3 is 2.57 bits per heavy atom. The van der Waals surface area contributed by atoms with Crippen LogP contribution in [0.4, 0.5) is 4.79 Å². The predicted molar refractivity (Wildman–Crippen MR) is 73.5 cm³/mol. The Morgan fingerprint density at radius 2 is 2.00 bits per heavy atom. The Kier molecular flexibility index (Phi) is 5.17. The van der Waals surface area contributed by atoms with Crippen LogP contribution >= 0.6 is 0 Å². The topological polar surface area (TPSA) is 105 Å². The number of hydrogen-bond acceptors (Lipinski definition) is 4. The van der Waals surface area contributed by atoms with Crippen LogP contribution in [-0.4, -0.2) is 42.3 Å². The second kappa shape index (κ2) is 6.89. The summed E-state index contributed by atoms with van der Waals surface area (Å²) < 4.78 is 4.61. The molecule has 2 rings (SSSR count). The third-order valence-corrected chi connectivity index (χ3v) is 4.51. The molecule has 0 heterocycles. The van der Waals surface area contributed by atoms with E-state index in [9.17, 15) is 14.4 Å². The highest BCUT2D eigenvalue weighted by Crippen LogP contribution is 2.49. The molecule has 2 fully saturated rings. The minimum absolute atomic E-state index is 0.0352. The molecule has 0 spiro atoms. The van der Waals surface area contributed by atoms with Gasteiger partial charge in [-0.3, -0.25) is 10.1 Å². The van der Waals surface area contributed by atoms with Crippen molar-refractivity contribution in [3.05, 3.63) is 0 Å². The van der Waals surface area contributed by atoms with E-state index >= 15 is 0 Å². The molecule has 7 nitrogen and oxygen atoms in total. The van der Waals surface area contributed by atoms with Gasteiger partial charge in [-0.05, 0) is 43.9 Å². The van der Waals surface area contributed by atoms with Gasteiger partial charge in [0.25, 0.3) is 5.91 Å². The molecule has 7 heteroatoms. The molecule has 4 unspecified atom stereocenters. The zero-order valence-electron chi connectivity index (χ0n) is 12.1. The van der Waals surface area contributed by atoms with Crippen LogP contribution in [0, 0.1) is 17.8 Å². The van der Waals surface area contributed by atoms with Gasteiger partial charge in [0.1, 0.15) is 13.2 Å². The van der Waals surface area contributed by atoms with Gasteiger partial charge in [-0.25, -0.2) is 9.59 Å². The third-order valence-electron chi connectivity index (χ3n) is 4.51. The quantitative estimate of drug-likeness (QED) is 0.671. The average Bonchev–Trinajstić information content (AvgIpc) is 2.99. The van der Waals surface area contributed by atoms with Crippen LogP contribution in [0.1, 0.15) is 32.6 Å². The standard InChI is InChI=1S/C14H22N2O5/c1-8(11-5-9-2-3-10(11)4-9)15-14(20)16-12(17)6-21-7-13(18)19/h8-11H,2-7H2,1H3,(H,18,19)(H2,15,16,17,20). The minimum Gasteiger partial charge on any atom is -0.480 e. The van der Waals surface area contributed by atoms with E-state index in [4.69, 9.17) is 5.11 Å². The van der Waals surface area contributed by atoms with Crippen molar-refractivity contribution in [2.75, 3.05) is 13.2 Å². The highest BCUT2D eigenvalue weighted by atomic mass is 16.5. The zero-order valence-corrected chi connectivity index (χ0v) is 12.1. The molecular weight excluding hydrogens is 276 g/mol. The van der Waals surface area contributed by atoms with Crippen molar-refractivity contribution in [1.82, 2.24) is 10.6 Å². The predicted octanol–water partition coefficient (Wildman–Crippen LogP) is 0.738. The number of carboxylic acid groups (broad SMARTS) is 1. The Labute approximate surface area is 123 Å². The van der Waals surface area contributed by atoms with Crippen LogP contribution in [0.15, 0.2) is 0 Å². The van der Waals surface area contributed by atoms with Gasteiger partial charge in [-0.15, -0.1) is 0 Å². The number of hydrogen-bond donors (Lipinski definition) is 3. The summed E-state index contributed by atoms with van der Waals surface area (Å²) in [6.07, 6.45) is 4.96. The molecule has 0 aromatic carbocycles. The van der Waals surface area contributed by atoms with Gasteiger partial charge in [-0.1, -0.05) is 6.42 Å². The smallest absolute Gasteiger partial charge is 0.329 e. The fourth-order valence-corrected chi connectivity index (χ4v) is 3.65. The largest absolute Gasteiger partial charge is 0.480 e. The molecule has 0 saturated heterocycles. The van der Waals surface area contributed by atoms with E-state index in [-0.39, 0.29) is 6.04 Å². The summed E-state index contributed by atoms with van der Waals surface area (Å²) in [4.78, 5) is 33.3. The average molecular weight is 298 g/mol. The maximum absolute atomic E-state index is 11.7. The van der Waals surface area contributed by atoms with Gasteiger partial charge in [0.2, 0.25) is 0 Å². The second-order valence-electron chi connectivity index (χ2n) is 6.04. The minimum atomic E-state index is -1.16. The van der Waals surface area contributed by atoms with E-state index in [2.05, 4.69) is 15.4 Å². The maximum Gasteiger partial charge on any atom is 0.329 e. The molecule has 0 aromatic rings. The van der Waals surface area contributed by atoms with Gasteiger partial charge in [-0.2, -0.15) is 0 Å². The Balaban J connectivity index is 1.66. The number of carboxylic acids is 1. The Hall–Kier alpha value is -1.63. The third kappa shape index (κ3) is 4.42. The molecule has 2 aliphatic carbocycles. The fraction of sp³-hybridized carbons (Fsp3) is 0.786. The van der Waals surface area contributed by atoms with E-state index in [1.807, 2.05) is 6.92 Å². The van der Waals surface area contributed by atoms with E-state index in [0.717, 1.165) is 12.3 Å². The first-order valence-electron chi connectivity index (χ1n) is 7.35. The number of ether oxygens (including phenoxy) is 1. The molecule has 4 atom stereocenters. The maximum atomic E-state index is 11.7. The first-order chi connectivity index (χ1) is 9.95.